The highest BCUT2D eigenvalue weighted by Gasteiger charge is 2.13. The minimum atomic E-state index is 0.301. The lowest BCUT2D eigenvalue weighted by Gasteiger charge is -2.27. The van der Waals surface area contributed by atoms with Crippen LogP contribution >= 0.6 is 0 Å². The predicted octanol–water partition coefficient (Wildman–Crippen LogP) is 3.34. The summed E-state index contributed by atoms with van der Waals surface area (Å²) in [5, 5.41) is 3.68. The minimum absolute atomic E-state index is 0.301. The molecule has 0 saturated carbocycles. The van der Waals surface area contributed by atoms with Crippen LogP contribution in [0.25, 0.3) is 0 Å². The van der Waals surface area contributed by atoms with E-state index in [4.69, 9.17) is 9.47 Å². The molecule has 1 atom stereocenters. The van der Waals surface area contributed by atoms with E-state index >= 15 is 0 Å². The zero-order chi connectivity index (χ0) is 20.0. The molecule has 0 aromatic heterocycles. The van der Waals surface area contributed by atoms with Crippen LogP contribution in [0, 0.1) is 0 Å². The molecule has 0 spiro atoms. The van der Waals surface area contributed by atoms with Crippen molar-refractivity contribution in [2.24, 2.45) is 0 Å². The molecule has 1 aliphatic rings. The van der Waals surface area contributed by atoms with Crippen molar-refractivity contribution >= 4 is 0 Å². The molecule has 5 nitrogen and oxygen atoms in total. The van der Waals surface area contributed by atoms with E-state index in [1.54, 1.807) is 0 Å². The SMILES string of the molecule is C=CCC(NCCN1CCOCC1)c1ccc(OCCCN(CC)CC)cc1. The standard InChI is InChI=1S/C23H39N3O2/c1-4-8-23(24-13-15-26-16-19-27-20-17-26)21-9-11-22(12-10-21)28-18-7-14-25(5-2)6-3/h4,9-12,23-24H,1,5-8,13-20H2,2-3H3. The largest absolute Gasteiger partial charge is 0.494 e. The van der Waals surface area contributed by atoms with Crippen LogP contribution in [0.15, 0.2) is 36.9 Å². The van der Waals surface area contributed by atoms with Gasteiger partial charge in [-0.3, -0.25) is 4.90 Å². The van der Waals surface area contributed by atoms with Gasteiger partial charge < -0.3 is 19.7 Å². The second kappa shape index (κ2) is 13.7. The normalized spacial score (nSPS) is 16.2. The first-order valence-electron chi connectivity index (χ1n) is 10.9. The quantitative estimate of drug-likeness (QED) is 0.390. The first-order chi connectivity index (χ1) is 13.8. The molecule has 0 amide bonds. The van der Waals surface area contributed by atoms with Gasteiger partial charge in [0.05, 0.1) is 19.8 Å². The molecule has 1 aromatic carbocycles. The van der Waals surface area contributed by atoms with Crippen LogP contribution in [-0.2, 0) is 4.74 Å². The Labute approximate surface area is 171 Å². The Balaban J connectivity index is 1.74. The third-order valence-corrected chi connectivity index (χ3v) is 5.39. The van der Waals surface area contributed by atoms with Gasteiger partial charge in [-0.15, -0.1) is 6.58 Å². The average molecular weight is 390 g/mol. The fourth-order valence-electron chi connectivity index (χ4n) is 3.54. The van der Waals surface area contributed by atoms with Crippen LogP contribution < -0.4 is 10.1 Å². The number of benzene rings is 1. The van der Waals surface area contributed by atoms with Crippen molar-refractivity contribution in [3.8, 4) is 5.75 Å². The molecule has 1 unspecified atom stereocenters. The summed E-state index contributed by atoms with van der Waals surface area (Å²) in [6, 6.07) is 8.83. The molecule has 5 heteroatoms. The average Bonchev–Trinajstić information content (AvgIpc) is 2.74. The number of hydrogen-bond donors (Lipinski definition) is 1. The molecule has 28 heavy (non-hydrogen) atoms. The number of rotatable bonds is 14. The highest BCUT2D eigenvalue weighted by atomic mass is 16.5. The summed E-state index contributed by atoms with van der Waals surface area (Å²) in [6.07, 6.45) is 3.98. The van der Waals surface area contributed by atoms with Crippen molar-refractivity contribution in [3.05, 3.63) is 42.5 Å². The summed E-state index contributed by atoms with van der Waals surface area (Å²) in [4.78, 5) is 4.88. The number of ether oxygens (including phenoxy) is 2. The topological polar surface area (TPSA) is 37.0 Å². The number of morpholine rings is 1. The lowest BCUT2D eigenvalue weighted by molar-refractivity contribution is 0.0381. The number of nitrogens with zero attached hydrogens (tertiary/aromatic N) is 2. The van der Waals surface area contributed by atoms with Gasteiger partial charge in [0.25, 0.3) is 0 Å². The first kappa shape index (κ1) is 22.9. The second-order valence-corrected chi connectivity index (χ2v) is 7.28. The van der Waals surface area contributed by atoms with E-state index in [0.717, 1.165) is 84.2 Å². The number of hydrogen-bond acceptors (Lipinski definition) is 5. The van der Waals surface area contributed by atoms with Crippen LogP contribution in [-0.4, -0.2) is 75.4 Å². The molecule has 1 aliphatic heterocycles. The number of nitrogens with one attached hydrogen (secondary N) is 1. The third kappa shape index (κ3) is 8.31. The predicted molar refractivity (Wildman–Crippen MR) is 117 cm³/mol. The molecular weight excluding hydrogens is 350 g/mol. The molecule has 2 rings (SSSR count). The van der Waals surface area contributed by atoms with Gasteiger partial charge in [0, 0.05) is 38.8 Å². The van der Waals surface area contributed by atoms with Gasteiger partial charge in [-0.1, -0.05) is 32.1 Å². The van der Waals surface area contributed by atoms with Gasteiger partial charge in [0.1, 0.15) is 5.75 Å². The summed E-state index contributed by atoms with van der Waals surface area (Å²) in [5.41, 5.74) is 1.29. The molecular formula is C23H39N3O2. The Kier molecular flexibility index (Phi) is 11.2. The molecule has 1 N–H and O–H groups in total. The molecule has 1 saturated heterocycles. The molecule has 1 fully saturated rings. The Morgan fingerprint density at radius 1 is 1.21 bits per heavy atom. The summed E-state index contributed by atoms with van der Waals surface area (Å²) < 4.78 is 11.3. The van der Waals surface area contributed by atoms with Gasteiger partial charge in [0.15, 0.2) is 0 Å². The first-order valence-corrected chi connectivity index (χ1v) is 10.9. The Morgan fingerprint density at radius 3 is 2.57 bits per heavy atom. The second-order valence-electron chi connectivity index (χ2n) is 7.28. The van der Waals surface area contributed by atoms with Gasteiger partial charge in [-0.2, -0.15) is 0 Å². The Bertz CT molecular complexity index is 525. The van der Waals surface area contributed by atoms with E-state index in [1.807, 2.05) is 6.08 Å². The third-order valence-electron chi connectivity index (χ3n) is 5.39. The highest BCUT2D eigenvalue weighted by Crippen LogP contribution is 2.21. The van der Waals surface area contributed by atoms with Crippen molar-refractivity contribution < 1.29 is 9.47 Å². The van der Waals surface area contributed by atoms with E-state index in [1.165, 1.54) is 5.56 Å². The van der Waals surface area contributed by atoms with Gasteiger partial charge in [-0.05, 0) is 43.6 Å². The maximum Gasteiger partial charge on any atom is 0.119 e. The van der Waals surface area contributed by atoms with Crippen molar-refractivity contribution in [3.63, 3.8) is 0 Å². The summed E-state index contributed by atoms with van der Waals surface area (Å²) >= 11 is 0. The van der Waals surface area contributed by atoms with Crippen LogP contribution in [0.4, 0.5) is 0 Å². The molecule has 0 aliphatic carbocycles. The lowest BCUT2D eigenvalue weighted by Crippen LogP contribution is -2.40. The summed E-state index contributed by atoms with van der Waals surface area (Å²) in [6.45, 7) is 18.2. The van der Waals surface area contributed by atoms with E-state index in [2.05, 4.69) is 59.8 Å². The van der Waals surface area contributed by atoms with Crippen molar-refractivity contribution in [1.82, 2.24) is 15.1 Å². The smallest absolute Gasteiger partial charge is 0.119 e. The van der Waals surface area contributed by atoms with Crippen LogP contribution in [0.5, 0.6) is 5.75 Å². The fourth-order valence-corrected chi connectivity index (χ4v) is 3.54. The van der Waals surface area contributed by atoms with Gasteiger partial charge >= 0.3 is 0 Å². The molecule has 1 aromatic rings. The van der Waals surface area contributed by atoms with Crippen LogP contribution in [0.1, 0.15) is 38.3 Å². The van der Waals surface area contributed by atoms with Crippen LogP contribution in [0.2, 0.25) is 0 Å². The van der Waals surface area contributed by atoms with Gasteiger partial charge in [-0.25, -0.2) is 0 Å². The fraction of sp³-hybridized carbons (Fsp3) is 0.652. The lowest BCUT2D eigenvalue weighted by atomic mass is 10.0. The van der Waals surface area contributed by atoms with E-state index in [0.29, 0.717) is 6.04 Å². The van der Waals surface area contributed by atoms with Crippen molar-refractivity contribution in [1.29, 1.82) is 0 Å². The molecule has 158 valence electrons. The molecule has 0 bridgehead atoms. The monoisotopic (exact) mass is 389 g/mol. The zero-order valence-corrected chi connectivity index (χ0v) is 17.9. The maximum atomic E-state index is 5.91. The Morgan fingerprint density at radius 2 is 1.93 bits per heavy atom. The summed E-state index contributed by atoms with van der Waals surface area (Å²) in [7, 11) is 0. The summed E-state index contributed by atoms with van der Waals surface area (Å²) in [5.74, 6) is 0.953. The van der Waals surface area contributed by atoms with Crippen LogP contribution in [0.3, 0.4) is 0 Å². The van der Waals surface area contributed by atoms with Crippen molar-refractivity contribution in [2.45, 2.75) is 32.7 Å². The maximum absolute atomic E-state index is 5.91. The zero-order valence-electron chi connectivity index (χ0n) is 17.9. The Hall–Kier alpha value is -1.40. The minimum Gasteiger partial charge on any atom is -0.494 e. The van der Waals surface area contributed by atoms with E-state index < -0.39 is 0 Å². The van der Waals surface area contributed by atoms with Crippen molar-refractivity contribution in [2.75, 3.05) is 65.6 Å². The highest BCUT2D eigenvalue weighted by molar-refractivity contribution is 5.29. The molecule has 0 radical (unpaired) electrons. The molecule has 1 heterocycles. The van der Waals surface area contributed by atoms with Gasteiger partial charge in [0.2, 0.25) is 0 Å². The van der Waals surface area contributed by atoms with E-state index in [9.17, 15) is 0 Å². The van der Waals surface area contributed by atoms with E-state index in [-0.39, 0.29) is 0 Å².